The third-order valence-corrected chi connectivity index (χ3v) is 2.27. The number of aromatic hydroxyl groups is 1. The number of halogens is 2. The Kier molecular flexibility index (Phi) is 3.35. The van der Waals surface area contributed by atoms with E-state index in [0.717, 1.165) is 0 Å². The molecule has 2 aromatic carbocycles. The standard InChI is InChI=1S/C12H8ClFN2O/c13-8-1-6-12(17)11(7-8)16-15-10-4-2-9(14)3-5-10/h1-7,17H. The fourth-order valence-electron chi connectivity index (χ4n) is 1.20. The van der Waals surface area contributed by atoms with Crippen molar-refractivity contribution in [2.45, 2.75) is 0 Å². The van der Waals surface area contributed by atoms with Gasteiger partial charge in [0.1, 0.15) is 17.3 Å². The average Bonchev–Trinajstić information content (AvgIpc) is 2.32. The van der Waals surface area contributed by atoms with Gasteiger partial charge >= 0.3 is 0 Å². The van der Waals surface area contributed by atoms with E-state index < -0.39 is 0 Å². The number of azo groups is 1. The number of rotatable bonds is 2. The van der Waals surface area contributed by atoms with Crippen molar-refractivity contribution in [3.05, 3.63) is 53.3 Å². The molecule has 0 aliphatic carbocycles. The van der Waals surface area contributed by atoms with E-state index in [2.05, 4.69) is 10.2 Å². The second-order valence-corrected chi connectivity index (χ2v) is 3.75. The summed E-state index contributed by atoms with van der Waals surface area (Å²) < 4.78 is 12.6. The molecule has 5 heteroatoms. The zero-order chi connectivity index (χ0) is 12.3. The van der Waals surface area contributed by atoms with E-state index in [1.807, 2.05) is 0 Å². The van der Waals surface area contributed by atoms with Crippen molar-refractivity contribution >= 4 is 23.0 Å². The summed E-state index contributed by atoms with van der Waals surface area (Å²) >= 11 is 5.76. The molecule has 0 spiro atoms. The van der Waals surface area contributed by atoms with E-state index in [1.165, 1.54) is 36.4 Å². The van der Waals surface area contributed by atoms with Crippen molar-refractivity contribution in [1.82, 2.24) is 0 Å². The summed E-state index contributed by atoms with van der Waals surface area (Å²) in [5, 5.41) is 17.6. The first-order valence-electron chi connectivity index (χ1n) is 4.81. The van der Waals surface area contributed by atoms with Crippen molar-refractivity contribution in [3.63, 3.8) is 0 Å². The molecule has 0 aliphatic heterocycles. The van der Waals surface area contributed by atoms with E-state index in [4.69, 9.17) is 11.6 Å². The molecule has 0 amide bonds. The number of benzene rings is 2. The number of hydrogen-bond donors (Lipinski definition) is 1. The van der Waals surface area contributed by atoms with Crippen LogP contribution in [-0.2, 0) is 0 Å². The number of phenols is 1. The molecule has 2 aromatic rings. The van der Waals surface area contributed by atoms with Crippen LogP contribution >= 0.6 is 11.6 Å². The average molecular weight is 251 g/mol. The number of hydrogen-bond acceptors (Lipinski definition) is 3. The van der Waals surface area contributed by atoms with Gasteiger partial charge in [0.2, 0.25) is 0 Å². The van der Waals surface area contributed by atoms with Gasteiger partial charge in [-0.2, -0.15) is 5.11 Å². The highest BCUT2D eigenvalue weighted by Crippen LogP contribution is 2.30. The van der Waals surface area contributed by atoms with Crippen LogP contribution in [0.25, 0.3) is 0 Å². The minimum absolute atomic E-state index is 0.0136. The third-order valence-electron chi connectivity index (χ3n) is 2.04. The Morgan fingerprint density at radius 1 is 1.00 bits per heavy atom. The van der Waals surface area contributed by atoms with E-state index in [0.29, 0.717) is 10.7 Å². The Morgan fingerprint density at radius 2 is 1.71 bits per heavy atom. The predicted octanol–water partition coefficient (Wildman–Crippen LogP) is 4.60. The lowest BCUT2D eigenvalue weighted by Gasteiger charge is -1.98. The lowest BCUT2D eigenvalue weighted by atomic mass is 10.3. The minimum Gasteiger partial charge on any atom is -0.506 e. The third kappa shape index (κ3) is 3.01. The molecule has 0 unspecified atom stereocenters. The quantitative estimate of drug-likeness (QED) is 0.778. The molecule has 0 radical (unpaired) electrons. The predicted molar refractivity (Wildman–Crippen MR) is 63.7 cm³/mol. The van der Waals surface area contributed by atoms with Crippen LogP contribution in [0.3, 0.4) is 0 Å². The van der Waals surface area contributed by atoms with Crippen molar-refractivity contribution < 1.29 is 9.50 Å². The van der Waals surface area contributed by atoms with Crippen LogP contribution in [0, 0.1) is 5.82 Å². The van der Waals surface area contributed by atoms with Gasteiger partial charge in [0.25, 0.3) is 0 Å². The summed E-state index contributed by atoms with van der Waals surface area (Å²) in [6, 6.07) is 10.0. The van der Waals surface area contributed by atoms with Crippen LogP contribution in [0.4, 0.5) is 15.8 Å². The fourth-order valence-corrected chi connectivity index (χ4v) is 1.36. The Bertz CT molecular complexity index is 555. The number of nitrogens with zero attached hydrogens (tertiary/aromatic N) is 2. The molecule has 0 heterocycles. The van der Waals surface area contributed by atoms with E-state index in [-0.39, 0.29) is 17.3 Å². The van der Waals surface area contributed by atoms with E-state index >= 15 is 0 Å². The van der Waals surface area contributed by atoms with Gasteiger partial charge in [-0.25, -0.2) is 4.39 Å². The molecule has 0 aromatic heterocycles. The SMILES string of the molecule is Oc1ccc(Cl)cc1N=Nc1ccc(F)cc1. The van der Waals surface area contributed by atoms with Crippen molar-refractivity contribution in [3.8, 4) is 5.75 Å². The van der Waals surface area contributed by atoms with Crippen molar-refractivity contribution in [2.24, 2.45) is 10.2 Å². The molecule has 0 bridgehead atoms. The maximum atomic E-state index is 12.6. The van der Waals surface area contributed by atoms with Crippen molar-refractivity contribution in [2.75, 3.05) is 0 Å². The highest BCUT2D eigenvalue weighted by Gasteiger charge is 2.00. The Balaban J connectivity index is 2.25. The minimum atomic E-state index is -0.338. The van der Waals surface area contributed by atoms with Gasteiger partial charge in [-0.1, -0.05) is 11.6 Å². The second-order valence-electron chi connectivity index (χ2n) is 3.31. The molecule has 2 rings (SSSR count). The van der Waals surface area contributed by atoms with E-state index in [1.54, 1.807) is 6.07 Å². The fraction of sp³-hybridized carbons (Fsp3) is 0. The highest BCUT2D eigenvalue weighted by atomic mass is 35.5. The molecule has 0 saturated heterocycles. The lowest BCUT2D eigenvalue weighted by molar-refractivity contribution is 0.476. The van der Waals surface area contributed by atoms with Gasteiger partial charge in [0.15, 0.2) is 0 Å². The zero-order valence-corrected chi connectivity index (χ0v) is 9.39. The summed E-state index contributed by atoms with van der Waals surface area (Å²) in [7, 11) is 0. The van der Waals surface area contributed by atoms with Crippen LogP contribution in [0.2, 0.25) is 5.02 Å². The van der Waals surface area contributed by atoms with Crippen molar-refractivity contribution in [1.29, 1.82) is 0 Å². The summed E-state index contributed by atoms with van der Waals surface area (Å²) in [5.74, 6) is -0.352. The zero-order valence-electron chi connectivity index (χ0n) is 8.64. The van der Waals surface area contributed by atoms with Gasteiger partial charge in [-0.3, -0.25) is 0 Å². The van der Waals surface area contributed by atoms with Crippen LogP contribution in [0.5, 0.6) is 5.75 Å². The Labute approximate surface area is 102 Å². The van der Waals surface area contributed by atoms with Gasteiger partial charge in [-0.15, -0.1) is 5.11 Å². The number of phenolic OH excluding ortho intramolecular Hbond substituents is 1. The molecule has 0 fully saturated rings. The summed E-state index contributed by atoms with van der Waals surface area (Å²) in [6.45, 7) is 0. The molecule has 17 heavy (non-hydrogen) atoms. The van der Waals surface area contributed by atoms with Gasteiger partial charge in [0, 0.05) is 5.02 Å². The smallest absolute Gasteiger partial charge is 0.143 e. The maximum absolute atomic E-state index is 12.6. The van der Waals surface area contributed by atoms with Crippen LogP contribution < -0.4 is 0 Å². The first kappa shape index (κ1) is 11.5. The van der Waals surface area contributed by atoms with Crippen LogP contribution in [0.15, 0.2) is 52.7 Å². The topological polar surface area (TPSA) is 45.0 Å². The normalized spacial score (nSPS) is 10.9. The van der Waals surface area contributed by atoms with Gasteiger partial charge < -0.3 is 5.11 Å². The molecule has 1 N–H and O–H groups in total. The molecule has 0 atom stereocenters. The van der Waals surface area contributed by atoms with Crippen LogP contribution in [0.1, 0.15) is 0 Å². The summed E-state index contributed by atoms with van der Waals surface area (Å²) in [5.41, 5.74) is 0.757. The second kappa shape index (κ2) is 4.93. The summed E-state index contributed by atoms with van der Waals surface area (Å²) in [6.07, 6.45) is 0. The largest absolute Gasteiger partial charge is 0.506 e. The summed E-state index contributed by atoms with van der Waals surface area (Å²) in [4.78, 5) is 0. The molecule has 86 valence electrons. The Morgan fingerprint density at radius 3 is 2.41 bits per heavy atom. The molecule has 0 saturated carbocycles. The molecular weight excluding hydrogens is 243 g/mol. The van der Waals surface area contributed by atoms with Crippen LogP contribution in [-0.4, -0.2) is 5.11 Å². The highest BCUT2D eigenvalue weighted by molar-refractivity contribution is 6.30. The first-order chi connectivity index (χ1) is 8.15. The van der Waals surface area contributed by atoms with Gasteiger partial charge in [0.05, 0.1) is 5.69 Å². The molecule has 0 aliphatic rings. The van der Waals surface area contributed by atoms with Gasteiger partial charge in [-0.05, 0) is 42.5 Å². The molecular formula is C12H8ClFN2O. The first-order valence-corrected chi connectivity index (χ1v) is 5.19. The monoisotopic (exact) mass is 250 g/mol. The Hall–Kier alpha value is -1.94. The molecule has 3 nitrogen and oxygen atoms in total. The van der Waals surface area contributed by atoms with E-state index in [9.17, 15) is 9.50 Å². The maximum Gasteiger partial charge on any atom is 0.143 e. The lowest BCUT2D eigenvalue weighted by Crippen LogP contribution is -1.70.